The van der Waals surface area contributed by atoms with Crippen molar-refractivity contribution in [2.75, 3.05) is 21.3 Å². The number of hydrogen-bond donors (Lipinski definition) is 0. The Kier molecular flexibility index (Phi) is 5.87. The molecular formula is C19H19N5O6. The highest BCUT2D eigenvalue weighted by atomic mass is 16.5. The normalized spacial score (nSPS) is 10.5. The molecule has 156 valence electrons. The van der Waals surface area contributed by atoms with E-state index in [1.165, 1.54) is 32.1 Å². The molecule has 11 nitrogen and oxygen atoms in total. The summed E-state index contributed by atoms with van der Waals surface area (Å²) in [7, 11) is 4.45. The van der Waals surface area contributed by atoms with Gasteiger partial charge in [0.05, 0.1) is 21.3 Å². The lowest BCUT2D eigenvalue weighted by Crippen LogP contribution is -2.41. The summed E-state index contributed by atoms with van der Waals surface area (Å²) in [6.45, 7) is 1.76. The fourth-order valence-electron chi connectivity index (χ4n) is 2.87. The molecule has 0 aliphatic rings. The summed E-state index contributed by atoms with van der Waals surface area (Å²) in [4.78, 5) is 24.9. The van der Waals surface area contributed by atoms with Gasteiger partial charge in [0.15, 0.2) is 11.5 Å². The van der Waals surface area contributed by atoms with Crippen LogP contribution in [0.15, 0.2) is 32.3 Å². The van der Waals surface area contributed by atoms with Gasteiger partial charge in [-0.1, -0.05) is 0 Å². The standard InChI is InChI=1S/C19H19N5O6/c1-5-23-9-12(8-20)18(25)24(19(23)26)10-15-21-22-17(30-15)11-6-13(27-2)16(29-4)14(7-11)28-3/h6-7,9H,5,10H2,1-4H3. The van der Waals surface area contributed by atoms with Crippen molar-refractivity contribution in [3.05, 3.63) is 50.6 Å². The minimum atomic E-state index is -0.722. The summed E-state index contributed by atoms with van der Waals surface area (Å²) in [5.74, 6) is 1.36. The second-order valence-corrected chi connectivity index (χ2v) is 6.03. The van der Waals surface area contributed by atoms with Crippen molar-refractivity contribution >= 4 is 0 Å². The largest absolute Gasteiger partial charge is 0.493 e. The first kappa shape index (κ1) is 20.7. The zero-order valence-corrected chi connectivity index (χ0v) is 16.8. The monoisotopic (exact) mass is 413 g/mol. The van der Waals surface area contributed by atoms with Crippen molar-refractivity contribution in [1.29, 1.82) is 5.26 Å². The molecule has 0 fully saturated rings. The lowest BCUT2D eigenvalue weighted by molar-refractivity contribution is 0.324. The van der Waals surface area contributed by atoms with E-state index in [0.29, 0.717) is 29.4 Å². The van der Waals surface area contributed by atoms with Gasteiger partial charge in [0.1, 0.15) is 18.2 Å². The molecule has 0 unspecified atom stereocenters. The highest BCUT2D eigenvalue weighted by Gasteiger charge is 2.19. The molecule has 0 amide bonds. The van der Waals surface area contributed by atoms with Crippen LogP contribution in [-0.2, 0) is 13.1 Å². The highest BCUT2D eigenvalue weighted by molar-refractivity contribution is 5.65. The minimum absolute atomic E-state index is 0.0238. The molecule has 0 spiro atoms. The molecule has 3 rings (SSSR count). The number of ether oxygens (including phenoxy) is 3. The predicted octanol–water partition coefficient (Wildman–Crippen LogP) is 1.03. The van der Waals surface area contributed by atoms with Crippen LogP contribution < -0.4 is 25.5 Å². The van der Waals surface area contributed by atoms with Gasteiger partial charge < -0.3 is 18.6 Å². The van der Waals surface area contributed by atoms with Crippen molar-refractivity contribution < 1.29 is 18.6 Å². The second-order valence-electron chi connectivity index (χ2n) is 6.03. The molecule has 0 saturated carbocycles. The Hall–Kier alpha value is -4.07. The summed E-state index contributed by atoms with van der Waals surface area (Å²) < 4.78 is 23.7. The lowest BCUT2D eigenvalue weighted by Gasteiger charge is -2.12. The molecule has 2 aromatic heterocycles. The van der Waals surface area contributed by atoms with Crippen LogP contribution in [0, 0.1) is 11.3 Å². The summed E-state index contributed by atoms with van der Waals surface area (Å²) in [5.41, 5.74) is -0.957. The van der Waals surface area contributed by atoms with E-state index in [0.717, 1.165) is 4.57 Å². The molecular weight excluding hydrogens is 394 g/mol. The van der Waals surface area contributed by atoms with Crippen LogP contribution in [0.2, 0.25) is 0 Å². The summed E-state index contributed by atoms with van der Waals surface area (Å²) in [6.07, 6.45) is 1.23. The van der Waals surface area contributed by atoms with Crippen LogP contribution in [0.1, 0.15) is 18.4 Å². The van der Waals surface area contributed by atoms with E-state index < -0.39 is 11.2 Å². The average molecular weight is 413 g/mol. The summed E-state index contributed by atoms with van der Waals surface area (Å²) in [6, 6.07) is 5.05. The first-order chi connectivity index (χ1) is 14.5. The van der Waals surface area contributed by atoms with Gasteiger partial charge in [0.2, 0.25) is 17.5 Å². The van der Waals surface area contributed by atoms with Crippen LogP contribution in [0.3, 0.4) is 0 Å². The van der Waals surface area contributed by atoms with Crippen LogP contribution in [0.25, 0.3) is 11.5 Å². The average Bonchev–Trinajstić information content (AvgIpc) is 3.24. The molecule has 30 heavy (non-hydrogen) atoms. The van der Waals surface area contributed by atoms with Crippen LogP contribution in [-0.4, -0.2) is 40.7 Å². The van der Waals surface area contributed by atoms with E-state index >= 15 is 0 Å². The van der Waals surface area contributed by atoms with Gasteiger partial charge in [-0.15, -0.1) is 10.2 Å². The molecule has 0 bridgehead atoms. The Labute approximate surface area is 170 Å². The van der Waals surface area contributed by atoms with E-state index in [4.69, 9.17) is 23.9 Å². The maximum atomic E-state index is 12.5. The number of hydrogen-bond acceptors (Lipinski definition) is 9. The Balaban J connectivity index is 2.03. The van der Waals surface area contributed by atoms with Gasteiger partial charge >= 0.3 is 5.69 Å². The molecule has 0 radical (unpaired) electrons. The maximum absolute atomic E-state index is 12.5. The molecule has 0 N–H and O–H groups in total. The lowest BCUT2D eigenvalue weighted by atomic mass is 10.2. The molecule has 2 heterocycles. The molecule has 3 aromatic rings. The number of benzene rings is 1. The molecule has 0 atom stereocenters. The van der Waals surface area contributed by atoms with E-state index in [-0.39, 0.29) is 23.9 Å². The SMILES string of the molecule is CCn1cc(C#N)c(=O)n(Cc2nnc(-c3cc(OC)c(OC)c(OC)c3)o2)c1=O. The van der Waals surface area contributed by atoms with Gasteiger partial charge in [-0.2, -0.15) is 5.26 Å². The third-order valence-corrected chi connectivity index (χ3v) is 4.37. The quantitative estimate of drug-likeness (QED) is 0.556. The first-order valence-electron chi connectivity index (χ1n) is 8.84. The van der Waals surface area contributed by atoms with E-state index in [9.17, 15) is 9.59 Å². The maximum Gasteiger partial charge on any atom is 0.331 e. The third kappa shape index (κ3) is 3.62. The zero-order chi connectivity index (χ0) is 21.8. The molecule has 0 aliphatic heterocycles. The molecule has 11 heteroatoms. The number of methoxy groups -OCH3 is 3. The van der Waals surface area contributed by atoms with Crippen molar-refractivity contribution in [2.45, 2.75) is 20.0 Å². The topological polar surface area (TPSA) is 134 Å². The van der Waals surface area contributed by atoms with E-state index in [1.54, 1.807) is 25.1 Å². The van der Waals surface area contributed by atoms with Crippen molar-refractivity contribution in [3.8, 4) is 34.8 Å². The van der Waals surface area contributed by atoms with Gasteiger partial charge in [0.25, 0.3) is 5.56 Å². The second kappa shape index (κ2) is 8.52. The Bertz CT molecular complexity index is 1210. The van der Waals surface area contributed by atoms with Gasteiger partial charge in [-0.05, 0) is 19.1 Å². The predicted molar refractivity (Wildman–Crippen MR) is 104 cm³/mol. The number of nitriles is 1. The fourth-order valence-corrected chi connectivity index (χ4v) is 2.87. The number of rotatable bonds is 7. The molecule has 0 aliphatic carbocycles. The highest BCUT2D eigenvalue weighted by Crippen LogP contribution is 2.40. The number of aromatic nitrogens is 4. The smallest absolute Gasteiger partial charge is 0.331 e. The van der Waals surface area contributed by atoms with Crippen molar-refractivity contribution in [1.82, 2.24) is 19.3 Å². The first-order valence-corrected chi connectivity index (χ1v) is 8.84. The van der Waals surface area contributed by atoms with Crippen LogP contribution in [0.5, 0.6) is 17.2 Å². The van der Waals surface area contributed by atoms with Gasteiger partial charge in [-0.25, -0.2) is 9.36 Å². The summed E-state index contributed by atoms with van der Waals surface area (Å²) >= 11 is 0. The Morgan fingerprint density at radius 2 is 1.77 bits per heavy atom. The Morgan fingerprint density at radius 3 is 2.30 bits per heavy atom. The van der Waals surface area contributed by atoms with E-state index in [2.05, 4.69) is 10.2 Å². The minimum Gasteiger partial charge on any atom is -0.493 e. The molecule has 0 saturated heterocycles. The van der Waals surface area contributed by atoms with Crippen molar-refractivity contribution in [3.63, 3.8) is 0 Å². The number of aryl methyl sites for hydroxylation is 1. The van der Waals surface area contributed by atoms with Crippen molar-refractivity contribution in [2.24, 2.45) is 0 Å². The fraction of sp³-hybridized carbons (Fsp3) is 0.316. The third-order valence-electron chi connectivity index (χ3n) is 4.37. The van der Waals surface area contributed by atoms with Crippen LogP contribution >= 0.6 is 0 Å². The van der Waals surface area contributed by atoms with Crippen LogP contribution in [0.4, 0.5) is 0 Å². The van der Waals surface area contributed by atoms with E-state index in [1.807, 2.05) is 0 Å². The van der Waals surface area contributed by atoms with Gasteiger partial charge in [-0.3, -0.25) is 9.36 Å². The number of nitrogens with zero attached hydrogens (tertiary/aromatic N) is 5. The molecule has 1 aromatic carbocycles. The summed E-state index contributed by atoms with van der Waals surface area (Å²) in [5, 5.41) is 17.0. The zero-order valence-electron chi connectivity index (χ0n) is 16.8. The van der Waals surface area contributed by atoms with Gasteiger partial charge in [0, 0.05) is 18.3 Å². The Morgan fingerprint density at radius 1 is 1.10 bits per heavy atom.